The Morgan fingerprint density at radius 2 is 2.23 bits per heavy atom. The second-order valence-corrected chi connectivity index (χ2v) is 7.98. The molecule has 1 aromatic heterocycles. The Morgan fingerprint density at radius 3 is 2.87 bits per heavy atom. The SMILES string of the molecule is CCNC(=NCc1ccc(N2CCOC(C)C2)nc1)NCC1(CCO)CCOC1.I. The Balaban J connectivity index is 0.00000320. The predicted molar refractivity (Wildman–Crippen MR) is 130 cm³/mol. The first-order chi connectivity index (χ1) is 14.1. The van der Waals surface area contributed by atoms with Gasteiger partial charge in [-0.05, 0) is 38.3 Å². The van der Waals surface area contributed by atoms with Gasteiger partial charge in [0.15, 0.2) is 5.96 Å². The van der Waals surface area contributed by atoms with E-state index in [9.17, 15) is 5.11 Å². The van der Waals surface area contributed by atoms with Gasteiger partial charge in [-0.2, -0.15) is 0 Å². The third-order valence-electron chi connectivity index (χ3n) is 5.60. The lowest BCUT2D eigenvalue weighted by atomic mass is 9.84. The van der Waals surface area contributed by atoms with Crippen LogP contribution < -0.4 is 15.5 Å². The molecule has 2 fully saturated rings. The van der Waals surface area contributed by atoms with E-state index >= 15 is 0 Å². The molecule has 3 N–H and O–H groups in total. The zero-order valence-electron chi connectivity index (χ0n) is 18.1. The molecule has 2 saturated heterocycles. The topological polar surface area (TPSA) is 91.2 Å². The summed E-state index contributed by atoms with van der Waals surface area (Å²) in [6, 6.07) is 4.16. The van der Waals surface area contributed by atoms with E-state index in [1.54, 1.807) is 0 Å². The van der Waals surface area contributed by atoms with Crippen molar-refractivity contribution in [3.8, 4) is 0 Å². The molecule has 0 radical (unpaired) electrons. The van der Waals surface area contributed by atoms with Gasteiger partial charge in [-0.25, -0.2) is 9.98 Å². The molecule has 0 aliphatic carbocycles. The molecule has 1 aromatic rings. The van der Waals surface area contributed by atoms with Crippen LogP contribution in [0.3, 0.4) is 0 Å². The van der Waals surface area contributed by atoms with E-state index < -0.39 is 0 Å². The molecule has 0 amide bonds. The number of pyridine rings is 1. The highest BCUT2D eigenvalue weighted by atomic mass is 127. The van der Waals surface area contributed by atoms with Gasteiger partial charge in [-0.1, -0.05) is 6.07 Å². The Morgan fingerprint density at radius 1 is 1.37 bits per heavy atom. The fraction of sp³-hybridized carbons (Fsp3) is 0.714. The number of rotatable bonds is 8. The first kappa shape index (κ1) is 25.1. The summed E-state index contributed by atoms with van der Waals surface area (Å²) >= 11 is 0. The van der Waals surface area contributed by atoms with Crippen LogP contribution in [-0.2, 0) is 16.0 Å². The molecule has 9 heteroatoms. The summed E-state index contributed by atoms with van der Waals surface area (Å²) in [5, 5.41) is 16.1. The Labute approximate surface area is 196 Å². The zero-order chi connectivity index (χ0) is 20.5. The highest BCUT2D eigenvalue weighted by Gasteiger charge is 2.34. The van der Waals surface area contributed by atoms with Crippen LogP contribution in [0.1, 0.15) is 32.3 Å². The summed E-state index contributed by atoms with van der Waals surface area (Å²) in [7, 11) is 0. The number of aliphatic imine (C=N–C) groups is 1. The lowest BCUT2D eigenvalue weighted by Crippen LogP contribution is -2.44. The van der Waals surface area contributed by atoms with Crippen molar-refractivity contribution in [2.24, 2.45) is 10.4 Å². The molecule has 3 rings (SSSR count). The molecule has 2 aliphatic heterocycles. The van der Waals surface area contributed by atoms with Gasteiger partial charge in [0.25, 0.3) is 0 Å². The number of aliphatic hydroxyl groups is 1. The van der Waals surface area contributed by atoms with Gasteiger partial charge in [-0.3, -0.25) is 0 Å². The van der Waals surface area contributed by atoms with E-state index in [2.05, 4.69) is 46.5 Å². The largest absolute Gasteiger partial charge is 0.396 e. The van der Waals surface area contributed by atoms with Crippen molar-refractivity contribution < 1.29 is 14.6 Å². The number of hydrogen-bond donors (Lipinski definition) is 3. The maximum absolute atomic E-state index is 9.40. The molecule has 3 heterocycles. The fourth-order valence-electron chi connectivity index (χ4n) is 3.82. The van der Waals surface area contributed by atoms with Gasteiger partial charge in [0.05, 0.1) is 25.9 Å². The normalized spacial score (nSPS) is 24.4. The van der Waals surface area contributed by atoms with Gasteiger partial charge in [0.1, 0.15) is 5.82 Å². The van der Waals surface area contributed by atoms with E-state index in [1.807, 2.05) is 6.20 Å². The van der Waals surface area contributed by atoms with Crippen molar-refractivity contribution in [2.75, 3.05) is 57.5 Å². The molecule has 2 atom stereocenters. The van der Waals surface area contributed by atoms with Gasteiger partial charge in [-0.15, -0.1) is 24.0 Å². The summed E-state index contributed by atoms with van der Waals surface area (Å²) < 4.78 is 11.2. The summed E-state index contributed by atoms with van der Waals surface area (Å²) in [5.41, 5.74) is 1.06. The Kier molecular flexibility index (Phi) is 10.6. The van der Waals surface area contributed by atoms with Crippen molar-refractivity contribution in [3.05, 3.63) is 23.9 Å². The third kappa shape index (κ3) is 7.21. The van der Waals surface area contributed by atoms with E-state index in [0.717, 1.165) is 69.6 Å². The standard InChI is InChI=1S/C21H35N5O3.HI/c1-3-22-20(25-15-21(6-9-27)7-10-28-16-21)24-13-18-4-5-19(23-12-18)26-8-11-29-17(2)14-26;/h4-5,12,17,27H,3,6-11,13-16H2,1-2H3,(H2,22,24,25);1H. The van der Waals surface area contributed by atoms with Crippen LogP contribution in [0.4, 0.5) is 5.82 Å². The maximum Gasteiger partial charge on any atom is 0.191 e. The Hall–Kier alpha value is -1.17. The minimum atomic E-state index is -0.0105. The molecule has 0 bridgehead atoms. The first-order valence-corrected chi connectivity index (χ1v) is 10.7. The van der Waals surface area contributed by atoms with Crippen LogP contribution >= 0.6 is 24.0 Å². The number of morpholine rings is 1. The number of guanidine groups is 1. The van der Waals surface area contributed by atoms with E-state index in [0.29, 0.717) is 13.2 Å². The minimum Gasteiger partial charge on any atom is -0.396 e. The number of nitrogens with one attached hydrogen (secondary N) is 2. The van der Waals surface area contributed by atoms with Gasteiger partial charge >= 0.3 is 0 Å². The number of nitrogens with zero attached hydrogens (tertiary/aromatic N) is 3. The first-order valence-electron chi connectivity index (χ1n) is 10.7. The lowest BCUT2D eigenvalue weighted by molar-refractivity contribution is 0.0529. The summed E-state index contributed by atoms with van der Waals surface area (Å²) in [4.78, 5) is 11.6. The monoisotopic (exact) mass is 533 g/mol. The highest BCUT2D eigenvalue weighted by molar-refractivity contribution is 14.0. The van der Waals surface area contributed by atoms with Gasteiger partial charge in [0, 0.05) is 51.0 Å². The number of aromatic nitrogens is 1. The maximum atomic E-state index is 9.40. The van der Waals surface area contributed by atoms with Gasteiger partial charge in [0.2, 0.25) is 0 Å². The molecular weight excluding hydrogens is 497 g/mol. The summed E-state index contributed by atoms with van der Waals surface area (Å²) in [6.07, 6.45) is 3.85. The number of hydrogen-bond acceptors (Lipinski definition) is 6. The number of anilines is 1. The van der Waals surface area contributed by atoms with Gasteiger partial charge < -0.3 is 30.1 Å². The molecule has 2 aliphatic rings. The third-order valence-corrected chi connectivity index (χ3v) is 5.60. The van der Waals surface area contributed by atoms with E-state index in [4.69, 9.17) is 14.5 Å². The lowest BCUT2D eigenvalue weighted by Gasteiger charge is -2.32. The van der Waals surface area contributed by atoms with Crippen LogP contribution in [0.25, 0.3) is 0 Å². The minimum absolute atomic E-state index is 0. The van der Waals surface area contributed by atoms with Crippen molar-refractivity contribution in [2.45, 2.75) is 39.3 Å². The molecule has 8 nitrogen and oxygen atoms in total. The van der Waals surface area contributed by atoms with E-state index in [1.165, 1.54) is 0 Å². The zero-order valence-corrected chi connectivity index (χ0v) is 20.4. The average molecular weight is 533 g/mol. The van der Waals surface area contributed by atoms with Crippen molar-refractivity contribution in [1.29, 1.82) is 0 Å². The quantitative estimate of drug-likeness (QED) is 0.267. The number of halogens is 1. The number of aliphatic hydroxyl groups excluding tert-OH is 1. The fourth-order valence-corrected chi connectivity index (χ4v) is 3.82. The van der Waals surface area contributed by atoms with Crippen LogP contribution in [-0.4, -0.2) is 74.8 Å². The number of ether oxygens (including phenoxy) is 2. The van der Waals surface area contributed by atoms with Crippen LogP contribution in [0.5, 0.6) is 0 Å². The second-order valence-electron chi connectivity index (χ2n) is 7.98. The molecule has 0 spiro atoms. The van der Waals surface area contributed by atoms with Crippen LogP contribution in [0.15, 0.2) is 23.3 Å². The molecule has 0 saturated carbocycles. The highest BCUT2D eigenvalue weighted by Crippen LogP contribution is 2.31. The summed E-state index contributed by atoms with van der Waals surface area (Å²) in [6.45, 7) is 10.4. The predicted octanol–water partition coefficient (Wildman–Crippen LogP) is 1.77. The van der Waals surface area contributed by atoms with Crippen molar-refractivity contribution >= 4 is 35.8 Å². The summed E-state index contributed by atoms with van der Waals surface area (Å²) in [5.74, 6) is 1.77. The molecule has 170 valence electrons. The molecule has 2 unspecified atom stereocenters. The van der Waals surface area contributed by atoms with Crippen molar-refractivity contribution in [1.82, 2.24) is 15.6 Å². The van der Waals surface area contributed by atoms with E-state index in [-0.39, 0.29) is 42.1 Å². The molecular formula is C21H36IN5O3. The van der Waals surface area contributed by atoms with Crippen LogP contribution in [0, 0.1) is 5.41 Å². The smallest absolute Gasteiger partial charge is 0.191 e. The Bertz CT molecular complexity index is 653. The second kappa shape index (κ2) is 12.6. The molecule has 0 aromatic carbocycles. The van der Waals surface area contributed by atoms with Crippen LogP contribution in [0.2, 0.25) is 0 Å². The van der Waals surface area contributed by atoms with Crippen molar-refractivity contribution in [3.63, 3.8) is 0 Å². The molecule has 30 heavy (non-hydrogen) atoms. The average Bonchev–Trinajstić information content (AvgIpc) is 3.19.